The average Bonchev–Trinajstić information content (AvgIpc) is 2.27. The monoisotopic (exact) mass is 273 g/mol. The smallest absolute Gasteiger partial charge is 0.123 e. The van der Waals surface area contributed by atoms with E-state index >= 15 is 0 Å². The molecule has 1 unspecified atom stereocenters. The van der Waals surface area contributed by atoms with Crippen molar-refractivity contribution in [3.63, 3.8) is 0 Å². The minimum atomic E-state index is -0.286. The van der Waals surface area contributed by atoms with Gasteiger partial charge in [-0.15, -0.1) is 0 Å². The fourth-order valence-corrected chi connectivity index (χ4v) is 2.07. The summed E-state index contributed by atoms with van der Waals surface area (Å²) < 4.78 is 13.1. The van der Waals surface area contributed by atoms with Crippen LogP contribution in [-0.2, 0) is 6.54 Å². The van der Waals surface area contributed by atoms with E-state index in [-0.39, 0.29) is 23.9 Å². The van der Waals surface area contributed by atoms with Gasteiger partial charge >= 0.3 is 0 Å². The summed E-state index contributed by atoms with van der Waals surface area (Å²) >= 11 is 6.01. The van der Waals surface area contributed by atoms with E-state index < -0.39 is 0 Å². The van der Waals surface area contributed by atoms with Gasteiger partial charge in [-0.2, -0.15) is 0 Å². The Morgan fingerprint density at radius 1 is 1.39 bits per heavy atom. The molecule has 0 saturated heterocycles. The van der Waals surface area contributed by atoms with Crippen LogP contribution in [0.1, 0.15) is 32.8 Å². The molecule has 4 heteroatoms. The van der Waals surface area contributed by atoms with Gasteiger partial charge in [0.1, 0.15) is 5.82 Å². The normalized spacial score (nSPS) is 13.7. The SMILES string of the molecule is CC(C)(C)C(CCO)NCc1cc(F)ccc1Cl. The van der Waals surface area contributed by atoms with Gasteiger partial charge in [-0.1, -0.05) is 32.4 Å². The third kappa shape index (κ3) is 4.56. The lowest BCUT2D eigenvalue weighted by molar-refractivity contribution is 0.196. The summed E-state index contributed by atoms with van der Waals surface area (Å²) in [7, 11) is 0. The largest absolute Gasteiger partial charge is 0.396 e. The maximum absolute atomic E-state index is 13.1. The topological polar surface area (TPSA) is 32.3 Å². The highest BCUT2D eigenvalue weighted by atomic mass is 35.5. The molecule has 0 aliphatic carbocycles. The van der Waals surface area contributed by atoms with Crippen LogP contribution in [-0.4, -0.2) is 17.8 Å². The molecule has 102 valence electrons. The maximum atomic E-state index is 13.1. The summed E-state index contributed by atoms with van der Waals surface area (Å²) in [5.41, 5.74) is 0.770. The predicted molar refractivity (Wildman–Crippen MR) is 73.2 cm³/mol. The summed E-state index contributed by atoms with van der Waals surface area (Å²) in [6.07, 6.45) is 0.663. The van der Waals surface area contributed by atoms with Crippen molar-refractivity contribution in [3.05, 3.63) is 34.6 Å². The third-order valence-corrected chi connectivity index (χ3v) is 3.38. The first-order valence-electron chi connectivity index (χ1n) is 6.12. The Bertz CT molecular complexity index is 390. The van der Waals surface area contributed by atoms with E-state index in [1.165, 1.54) is 12.1 Å². The lowest BCUT2D eigenvalue weighted by atomic mass is 9.85. The number of aliphatic hydroxyl groups excluding tert-OH is 1. The molecule has 0 aliphatic heterocycles. The van der Waals surface area contributed by atoms with E-state index in [0.29, 0.717) is 18.0 Å². The Balaban J connectivity index is 2.70. The Kier molecular flexibility index (Phi) is 5.57. The lowest BCUT2D eigenvalue weighted by Gasteiger charge is -2.31. The number of hydrogen-bond acceptors (Lipinski definition) is 2. The Morgan fingerprint density at radius 2 is 2.06 bits per heavy atom. The van der Waals surface area contributed by atoms with Crippen molar-refractivity contribution in [1.29, 1.82) is 0 Å². The number of hydrogen-bond donors (Lipinski definition) is 2. The van der Waals surface area contributed by atoms with Crippen LogP contribution in [0, 0.1) is 11.2 Å². The summed E-state index contributed by atoms with van der Waals surface area (Å²) in [5, 5.41) is 13.0. The summed E-state index contributed by atoms with van der Waals surface area (Å²) in [5.74, 6) is -0.286. The number of halogens is 2. The standard InChI is InChI=1S/C14H21ClFNO/c1-14(2,3)13(6-7-18)17-9-10-8-11(16)4-5-12(10)15/h4-5,8,13,17-18H,6-7,9H2,1-3H3. The van der Waals surface area contributed by atoms with E-state index in [9.17, 15) is 4.39 Å². The minimum Gasteiger partial charge on any atom is -0.396 e. The highest BCUT2D eigenvalue weighted by molar-refractivity contribution is 6.31. The van der Waals surface area contributed by atoms with Crippen LogP contribution in [0.15, 0.2) is 18.2 Å². The highest BCUT2D eigenvalue weighted by Gasteiger charge is 2.23. The zero-order valence-corrected chi connectivity index (χ0v) is 11.9. The van der Waals surface area contributed by atoms with Gasteiger partial charge in [0.25, 0.3) is 0 Å². The summed E-state index contributed by atoms with van der Waals surface area (Å²) in [6.45, 7) is 6.94. The van der Waals surface area contributed by atoms with Crippen molar-refractivity contribution in [2.24, 2.45) is 5.41 Å². The number of aliphatic hydroxyl groups is 1. The molecule has 0 aliphatic rings. The first kappa shape index (κ1) is 15.4. The fourth-order valence-electron chi connectivity index (χ4n) is 1.88. The van der Waals surface area contributed by atoms with Crippen molar-refractivity contribution in [2.75, 3.05) is 6.61 Å². The molecule has 1 rings (SSSR count). The molecule has 2 nitrogen and oxygen atoms in total. The van der Waals surface area contributed by atoms with Crippen molar-refractivity contribution in [2.45, 2.75) is 39.8 Å². The van der Waals surface area contributed by atoms with Crippen molar-refractivity contribution in [1.82, 2.24) is 5.32 Å². The molecule has 1 aromatic carbocycles. The summed E-state index contributed by atoms with van der Waals surface area (Å²) in [6, 6.07) is 4.50. The molecule has 0 amide bonds. The maximum Gasteiger partial charge on any atom is 0.123 e. The van der Waals surface area contributed by atoms with E-state index in [1.807, 2.05) is 0 Å². The lowest BCUT2D eigenvalue weighted by Crippen LogP contribution is -2.40. The third-order valence-electron chi connectivity index (χ3n) is 3.01. The molecule has 0 spiro atoms. The van der Waals surface area contributed by atoms with Gasteiger partial charge in [-0.05, 0) is 35.6 Å². The Morgan fingerprint density at radius 3 is 2.61 bits per heavy atom. The molecule has 1 aromatic rings. The van der Waals surface area contributed by atoms with Crippen LogP contribution in [0.5, 0.6) is 0 Å². The minimum absolute atomic E-state index is 0.0303. The molecule has 18 heavy (non-hydrogen) atoms. The van der Waals surface area contributed by atoms with Crippen LogP contribution in [0.25, 0.3) is 0 Å². The number of rotatable bonds is 5. The zero-order chi connectivity index (χ0) is 13.8. The predicted octanol–water partition coefficient (Wildman–Crippen LogP) is 3.37. The first-order chi connectivity index (χ1) is 8.34. The second-order valence-electron chi connectivity index (χ2n) is 5.55. The molecule has 0 heterocycles. The van der Waals surface area contributed by atoms with E-state index in [1.54, 1.807) is 6.07 Å². The quantitative estimate of drug-likeness (QED) is 0.862. The first-order valence-corrected chi connectivity index (χ1v) is 6.50. The number of benzene rings is 1. The molecule has 0 saturated carbocycles. The van der Waals surface area contributed by atoms with Gasteiger partial charge in [0.05, 0.1) is 0 Å². The molecule has 0 aromatic heterocycles. The molecule has 0 radical (unpaired) electrons. The zero-order valence-electron chi connectivity index (χ0n) is 11.1. The van der Waals surface area contributed by atoms with Gasteiger partial charge in [0, 0.05) is 24.2 Å². The highest BCUT2D eigenvalue weighted by Crippen LogP contribution is 2.23. The van der Waals surface area contributed by atoms with Crippen LogP contribution in [0.2, 0.25) is 5.02 Å². The molecule has 2 N–H and O–H groups in total. The van der Waals surface area contributed by atoms with Crippen molar-refractivity contribution < 1.29 is 9.50 Å². The average molecular weight is 274 g/mol. The Hall–Kier alpha value is -0.640. The molecule has 0 bridgehead atoms. The fraction of sp³-hybridized carbons (Fsp3) is 0.571. The van der Waals surface area contributed by atoms with Gasteiger partial charge in [-0.25, -0.2) is 4.39 Å². The summed E-state index contributed by atoms with van der Waals surface area (Å²) in [4.78, 5) is 0. The van der Waals surface area contributed by atoms with E-state index in [2.05, 4.69) is 26.1 Å². The van der Waals surface area contributed by atoms with Crippen LogP contribution in [0.4, 0.5) is 4.39 Å². The van der Waals surface area contributed by atoms with Gasteiger partial charge in [0.15, 0.2) is 0 Å². The van der Waals surface area contributed by atoms with E-state index in [4.69, 9.17) is 16.7 Å². The Labute approximate surface area is 113 Å². The molecular formula is C14H21ClFNO. The van der Waals surface area contributed by atoms with Crippen LogP contribution < -0.4 is 5.32 Å². The van der Waals surface area contributed by atoms with Gasteiger partial charge < -0.3 is 10.4 Å². The van der Waals surface area contributed by atoms with Crippen LogP contribution in [0.3, 0.4) is 0 Å². The second-order valence-corrected chi connectivity index (χ2v) is 5.95. The second kappa shape index (κ2) is 6.50. The van der Waals surface area contributed by atoms with E-state index in [0.717, 1.165) is 5.56 Å². The molecule has 1 atom stereocenters. The van der Waals surface area contributed by atoms with Crippen LogP contribution >= 0.6 is 11.6 Å². The number of nitrogens with one attached hydrogen (secondary N) is 1. The molecule has 0 fully saturated rings. The van der Waals surface area contributed by atoms with Gasteiger partial charge in [-0.3, -0.25) is 0 Å². The molecular weight excluding hydrogens is 253 g/mol. The van der Waals surface area contributed by atoms with Crippen molar-refractivity contribution in [3.8, 4) is 0 Å². The van der Waals surface area contributed by atoms with Crippen molar-refractivity contribution >= 4 is 11.6 Å². The van der Waals surface area contributed by atoms with Gasteiger partial charge in [0.2, 0.25) is 0 Å².